The van der Waals surface area contributed by atoms with Crippen molar-refractivity contribution in [2.45, 2.75) is 6.54 Å². The maximum Gasteiger partial charge on any atom is 0.212 e. The van der Waals surface area contributed by atoms with Gasteiger partial charge in [-0.05, 0) is 18.2 Å². The van der Waals surface area contributed by atoms with Crippen LogP contribution in [0.25, 0.3) is 33.6 Å². The molecule has 1 aromatic carbocycles. The van der Waals surface area contributed by atoms with Crippen molar-refractivity contribution in [2.75, 3.05) is 12.4 Å². The van der Waals surface area contributed by atoms with E-state index < -0.39 is 0 Å². The van der Waals surface area contributed by atoms with E-state index in [0.717, 1.165) is 27.9 Å². The van der Waals surface area contributed by atoms with Crippen molar-refractivity contribution in [3.05, 3.63) is 54.7 Å². The number of aromatic nitrogens is 7. The molecule has 0 spiro atoms. The van der Waals surface area contributed by atoms with E-state index in [4.69, 9.17) is 4.74 Å². The average molecular weight is 372 g/mol. The molecule has 0 radical (unpaired) electrons. The molecule has 9 heteroatoms. The zero-order chi connectivity index (χ0) is 18.9. The van der Waals surface area contributed by atoms with Gasteiger partial charge in [-0.1, -0.05) is 12.1 Å². The molecule has 0 bridgehead atoms. The lowest BCUT2D eigenvalue weighted by atomic mass is 10.3. The fourth-order valence-electron chi connectivity index (χ4n) is 3.00. The lowest BCUT2D eigenvalue weighted by Crippen LogP contribution is -2.04. The highest BCUT2D eigenvalue weighted by Crippen LogP contribution is 2.23. The summed E-state index contributed by atoms with van der Waals surface area (Å²) >= 11 is 0. The van der Waals surface area contributed by atoms with Crippen LogP contribution in [0.5, 0.6) is 5.88 Å². The number of anilines is 1. The number of hydrogen-bond donors (Lipinski definition) is 3. The molecule has 4 heterocycles. The first kappa shape index (κ1) is 16.2. The Bertz CT molecular complexity index is 1230. The van der Waals surface area contributed by atoms with E-state index >= 15 is 0 Å². The van der Waals surface area contributed by atoms with Crippen molar-refractivity contribution in [3.8, 4) is 17.3 Å². The summed E-state index contributed by atoms with van der Waals surface area (Å²) in [6.07, 6.45) is 3.19. The summed E-state index contributed by atoms with van der Waals surface area (Å²) in [6.45, 7) is 0.499. The molecule has 0 fully saturated rings. The van der Waals surface area contributed by atoms with Crippen molar-refractivity contribution >= 4 is 28.0 Å². The first-order valence-electron chi connectivity index (χ1n) is 8.69. The zero-order valence-corrected chi connectivity index (χ0v) is 15.0. The van der Waals surface area contributed by atoms with E-state index in [9.17, 15) is 0 Å². The number of hydrogen-bond acceptors (Lipinski definition) is 7. The van der Waals surface area contributed by atoms with Gasteiger partial charge in [-0.15, -0.1) is 0 Å². The summed E-state index contributed by atoms with van der Waals surface area (Å²) in [5, 5.41) is 3.30. The van der Waals surface area contributed by atoms with Crippen LogP contribution in [0.15, 0.2) is 48.9 Å². The molecule has 0 unspecified atom stereocenters. The molecule has 0 atom stereocenters. The number of pyridine rings is 1. The third-order valence-electron chi connectivity index (χ3n) is 4.37. The summed E-state index contributed by atoms with van der Waals surface area (Å²) < 4.78 is 5.10. The fourth-order valence-corrected chi connectivity index (χ4v) is 3.00. The van der Waals surface area contributed by atoms with Gasteiger partial charge in [-0.25, -0.2) is 24.9 Å². The van der Waals surface area contributed by atoms with Gasteiger partial charge in [-0.2, -0.15) is 0 Å². The predicted octanol–water partition coefficient (Wildman–Crippen LogP) is 2.91. The molecule has 9 nitrogen and oxygen atoms in total. The molecule has 138 valence electrons. The van der Waals surface area contributed by atoms with E-state index in [2.05, 4.69) is 40.2 Å². The number of aromatic amines is 2. The summed E-state index contributed by atoms with van der Waals surface area (Å²) in [7, 11) is 1.58. The number of nitrogens with zero attached hydrogens (tertiary/aromatic N) is 5. The summed E-state index contributed by atoms with van der Waals surface area (Å²) in [5.41, 5.74) is 4.07. The Morgan fingerprint density at radius 3 is 2.75 bits per heavy atom. The Balaban J connectivity index is 1.43. The van der Waals surface area contributed by atoms with Crippen molar-refractivity contribution in [2.24, 2.45) is 0 Å². The van der Waals surface area contributed by atoms with E-state index in [-0.39, 0.29) is 0 Å². The van der Waals surface area contributed by atoms with Crippen LogP contribution in [0.4, 0.5) is 5.82 Å². The molecule has 3 N–H and O–H groups in total. The van der Waals surface area contributed by atoms with Gasteiger partial charge in [0.25, 0.3) is 0 Å². The number of methoxy groups -OCH3 is 1. The number of benzene rings is 1. The smallest absolute Gasteiger partial charge is 0.212 e. The molecule has 5 aromatic rings. The minimum atomic E-state index is 0.499. The number of rotatable bonds is 5. The molecule has 28 heavy (non-hydrogen) atoms. The topological polar surface area (TPSA) is 117 Å². The highest BCUT2D eigenvalue weighted by Gasteiger charge is 2.12. The van der Waals surface area contributed by atoms with Gasteiger partial charge in [0.1, 0.15) is 23.5 Å². The van der Waals surface area contributed by atoms with Gasteiger partial charge in [0.05, 0.1) is 24.7 Å². The van der Waals surface area contributed by atoms with E-state index in [1.807, 2.05) is 30.3 Å². The Morgan fingerprint density at radius 2 is 1.93 bits per heavy atom. The van der Waals surface area contributed by atoms with Crippen molar-refractivity contribution in [1.82, 2.24) is 34.9 Å². The molecule has 0 amide bonds. The number of nitrogens with one attached hydrogen (secondary N) is 3. The first-order chi connectivity index (χ1) is 13.8. The third kappa shape index (κ3) is 2.88. The van der Waals surface area contributed by atoms with Crippen LogP contribution in [0.3, 0.4) is 0 Å². The Morgan fingerprint density at radius 1 is 1.00 bits per heavy atom. The average Bonchev–Trinajstić information content (AvgIpc) is 3.36. The van der Waals surface area contributed by atoms with Crippen LogP contribution >= 0.6 is 0 Å². The van der Waals surface area contributed by atoms with E-state index in [1.54, 1.807) is 19.4 Å². The lowest BCUT2D eigenvalue weighted by molar-refractivity contribution is 0.398. The fraction of sp³-hybridized carbons (Fsp3) is 0.105. The predicted molar refractivity (Wildman–Crippen MR) is 105 cm³/mol. The number of H-pyrrole nitrogens is 2. The monoisotopic (exact) mass is 372 g/mol. The SMILES string of the molecule is COc1ccc(-c2nc3ncnc(NCc4nc5ccccc5[nH]4)c3[nH]2)cn1. The standard InChI is InChI=1S/C19H16N8O/c1-28-15-7-6-11(8-20-15)17-26-16-18(22-10-23-19(16)27-17)21-9-14-24-12-4-2-3-5-13(12)25-14/h2-8,10H,9H2,1H3,(H,24,25)(H2,21,22,23,26,27). The molecule has 0 saturated heterocycles. The summed E-state index contributed by atoms with van der Waals surface area (Å²) in [5.74, 6) is 2.70. The Labute approximate surface area is 159 Å². The second-order valence-electron chi connectivity index (χ2n) is 6.15. The largest absolute Gasteiger partial charge is 0.481 e. The zero-order valence-electron chi connectivity index (χ0n) is 15.0. The van der Waals surface area contributed by atoms with Crippen LogP contribution in [-0.4, -0.2) is 42.0 Å². The second kappa shape index (κ2) is 6.62. The van der Waals surface area contributed by atoms with Gasteiger partial charge < -0.3 is 20.0 Å². The van der Waals surface area contributed by atoms with Gasteiger partial charge in [0.2, 0.25) is 5.88 Å². The van der Waals surface area contributed by atoms with Gasteiger partial charge >= 0.3 is 0 Å². The summed E-state index contributed by atoms with van der Waals surface area (Å²) in [6, 6.07) is 11.6. The van der Waals surface area contributed by atoms with Crippen LogP contribution in [0, 0.1) is 0 Å². The van der Waals surface area contributed by atoms with Crippen LogP contribution in [-0.2, 0) is 6.54 Å². The maximum atomic E-state index is 5.10. The summed E-state index contributed by atoms with van der Waals surface area (Å²) in [4.78, 5) is 28.5. The highest BCUT2D eigenvalue weighted by molar-refractivity contribution is 5.85. The minimum absolute atomic E-state index is 0.499. The molecule has 0 aliphatic carbocycles. The normalized spacial score (nSPS) is 11.2. The Kier molecular flexibility index (Phi) is 3.82. The first-order valence-corrected chi connectivity index (χ1v) is 8.69. The lowest BCUT2D eigenvalue weighted by Gasteiger charge is -2.03. The molecule has 0 aliphatic heterocycles. The number of ether oxygens (including phenoxy) is 1. The molecular weight excluding hydrogens is 356 g/mol. The Hall–Kier alpha value is -4.01. The van der Waals surface area contributed by atoms with Crippen molar-refractivity contribution < 1.29 is 4.74 Å². The van der Waals surface area contributed by atoms with Gasteiger partial charge in [0.15, 0.2) is 11.5 Å². The number of fused-ring (bicyclic) bond motifs is 2. The third-order valence-corrected chi connectivity index (χ3v) is 4.37. The van der Waals surface area contributed by atoms with E-state index in [1.165, 1.54) is 6.33 Å². The van der Waals surface area contributed by atoms with Crippen LogP contribution in [0.1, 0.15) is 5.82 Å². The molecule has 0 saturated carbocycles. The van der Waals surface area contributed by atoms with Crippen LogP contribution < -0.4 is 10.1 Å². The second-order valence-corrected chi connectivity index (χ2v) is 6.15. The minimum Gasteiger partial charge on any atom is -0.481 e. The number of imidazole rings is 2. The molecule has 0 aliphatic rings. The quantitative estimate of drug-likeness (QED) is 0.434. The highest BCUT2D eigenvalue weighted by atomic mass is 16.5. The van der Waals surface area contributed by atoms with Gasteiger partial charge in [-0.3, -0.25) is 0 Å². The molecule has 4 aromatic heterocycles. The van der Waals surface area contributed by atoms with Crippen LogP contribution in [0.2, 0.25) is 0 Å². The van der Waals surface area contributed by atoms with E-state index in [0.29, 0.717) is 29.7 Å². The number of para-hydroxylation sites is 2. The van der Waals surface area contributed by atoms with Crippen molar-refractivity contribution in [3.63, 3.8) is 0 Å². The van der Waals surface area contributed by atoms with Gasteiger partial charge in [0, 0.05) is 17.8 Å². The maximum absolute atomic E-state index is 5.10. The van der Waals surface area contributed by atoms with Crippen molar-refractivity contribution in [1.29, 1.82) is 0 Å². The molecular formula is C19H16N8O. The molecule has 5 rings (SSSR count).